The van der Waals surface area contributed by atoms with Crippen LogP contribution >= 0.6 is 0 Å². The fourth-order valence-electron chi connectivity index (χ4n) is 3.37. The van der Waals surface area contributed by atoms with E-state index in [0.29, 0.717) is 0 Å². The van der Waals surface area contributed by atoms with Crippen LogP contribution in [-0.2, 0) is 57.1 Å². The quantitative estimate of drug-likeness (QED) is 0.343. The smallest absolute Gasteiger partial charge is 0.303 e. The van der Waals surface area contributed by atoms with Gasteiger partial charge in [0.1, 0.15) is 12.7 Å². The third kappa shape index (κ3) is 8.17. The molecule has 0 aromatic heterocycles. The summed E-state index contributed by atoms with van der Waals surface area (Å²) in [6.45, 7) is 7.78. The molecule has 13 nitrogen and oxygen atoms in total. The number of carbonyl (C=O) groups is 4. The van der Waals surface area contributed by atoms with Crippen molar-refractivity contribution in [3.63, 3.8) is 0 Å². The van der Waals surface area contributed by atoms with Gasteiger partial charge in [-0.1, -0.05) is 0 Å². The summed E-state index contributed by atoms with van der Waals surface area (Å²) >= 11 is 0. The molecule has 0 unspecified atom stereocenters. The molecular weight excluding hydrogens is 458 g/mol. The lowest BCUT2D eigenvalue weighted by Gasteiger charge is -2.45. The van der Waals surface area contributed by atoms with E-state index in [1.807, 2.05) is 0 Å². The van der Waals surface area contributed by atoms with E-state index in [1.54, 1.807) is 13.8 Å². The molecule has 0 saturated carbocycles. The summed E-state index contributed by atoms with van der Waals surface area (Å²) in [6, 6.07) is 0. The normalized spacial score (nSPS) is 30.0. The average molecular weight is 491 g/mol. The van der Waals surface area contributed by atoms with Crippen LogP contribution in [0.1, 0.15) is 41.5 Å². The summed E-state index contributed by atoms with van der Waals surface area (Å²) in [5, 5.41) is 0. The number of ether oxygens (including phenoxy) is 8. The van der Waals surface area contributed by atoms with Crippen molar-refractivity contribution in [2.75, 3.05) is 26.4 Å². The van der Waals surface area contributed by atoms with Crippen LogP contribution in [0.3, 0.4) is 0 Å². The summed E-state index contributed by atoms with van der Waals surface area (Å²) < 4.78 is 43.9. The van der Waals surface area contributed by atoms with Gasteiger partial charge in [0.25, 0.3) is 0 Å². The van der Waals surface area contributed by atoms with Gasteiger partial charge in [-0.05, 0) is 13.8 Å². The number of hydrogen-bond acceptors (Lipinski definition) is 13. The van der Waals surface area contributed by atoms with Crippen LogP contribution in [0.5, 0.6) is 0 Å². The zero-order valence-electron chi connectivity index (χ0n) is 20.2. The minimum atomic E-state index is -1.33. The third-order valence-corrected chi connectivity index (χ3v) is 4.90. The summed E-state index contributed by atoms with van der Waals surface area (Å²) in [4.78, 5) is 46.8. The Morgan fingerprint density at radius 3 is 1.82 bits per heavy atom. The van der Waals surface area contributed by atoms with Crippen molar-refractivity contribution in [2.24, 2.45) is 5.73 Å². The minimum Gasteiger partial charge on any atom is -0.463 e. The van der Waals surface area contributed by atoms with Crippen molar-refractivity contribution < 1.29 is 57.1 Å². The molecule has 2 fully saturated rings. The molecule has 0 bridgehead atoms. The molecule has 0 aromatic rings. The van der Waals surface area contributed by atoms with Crippen molar-refractivity contribution in [2.45, 2.75) is 83.6 Å². The molecule has 0 amide bonds. The first kappa shape index (κ1) is 27.9. The van der Waals surface area contributed by atoms with Gasteiger partial charge in [-0.2, -0.15) is 0 Å². The predicted octanol–water partition coefficient (Wildman–Crippen LogP) is -0.433. The molecule has 194 valence electrons. The highest BCUT2D eigenvalue weighted by atomic mass is 16.7. The van der Waals surface area contributed by atoms with Crippen LogP contribution in [0.25, 0.3) is 0 Å². The molecule has 2 aliphatic rings. The Balaban J connectivity index is 2.31. The van der Waals surface area contributed by atoms with Crippen LogP contribution in [-0.4, -0.2) is 92.3 Å². The van der Waals surface area contributed by atoms with Gasteiger partial charge in [-0.3, -0.25) is 19.2 Å². The highest BCUT2D eigenvalue weighted by Crippen LogP contribution is 2.31. The van der Waals surface area contributed by atoms with Crippen LogP contribution in [0.2, 0.25) is 0 Å². The lowest BCUT2D eigenvalue weighted by molar-refractivity contribution is -0.319. The Hall–Kier alpha value is -2.32. The van der Waals surface area contributed by atoms with Crippen molar-refractivity contribution >= 4 is 23.9 Å². The number of rotatable bonds is 8. The molecule has 2 heterocycles. The van der Waals surface area contributed by atoms with E-state index < -0.39 is 65.9 Å². The average Bonchev–Trinajstić information content (AvgIpc) is 2.70. The maximum Gasteiger partial charge on any atom is 0.303 e. The van der Waals surface area contributed by atoms with Gasteiger partial charge in [0.05, 0.1) is 25.4 Å². The topological polar surface area (TPSA) is 168 Å². The van der Waals surface area contributed by atoms with Crippen LogP contribution in [0.4, 0.5) is 0 Å². The summed E-state index contributed by atoms with van der Waals surface area (Å²) in [6.07, 6.45) is -6.35. The first-order valence-electron chi connectivity index (χ1n) is 10.7. The van der Waals surface area contributed by atoms with Crippen molar-refractivity contribution in [1.29, 1.82) is 0 Å². The van der Waals surface area contributed by atoms with E-state index in [9.17, 15) is 19.2 Å². The fourth-order valence-corrected chi connectivity index (χ4v) is 3.37. The highest BCUT2D eigenvalue weighted by molar-refractivity contribution is 5.68. The van der Waals surface area contributed by atoms with E-state index in [-0.39, 0.29) is 26.4 Å². The maximum absolute atomic E-state index is 11.8. The Kier molecular flexibility index (Phi) is 9.37. The van der Waals surface area contributed by atoms with Gasteiger partial charge in [-0.15, -0.1) is 0 Å². The largest absolute Gasteiger partial charge is 0.463 e. The monoisotopic (exact) mass is 491 g/mol. The van der Waals surface area contributed by atoms with E-state index in [0.717, 1.165) is 20.8 Å². The number of nitrogens with two attached hydrogens (primary N) is 1. The van der Waals surface area contributed by atoms with Crippen molar-refractivity contribution in [1.82, 2.24) is 0 Å². The standard InChI is InChI=1S/C21H33NO12/c1-11(23)27-7-15-16(31-12(2)24)17(32-13(3)25)18(33-14(4)26)19(34-15)28-8-21(22)9-29-20(5,6)30-10-21/h15-19H,7-10,22H2,1-6H3/t15-,16+,17+,18-,19-/m1/s1. The summed E-state index contributed by atoms with van der Waals surface area (Å²) in [5.74, 6) is -3.61. The van der Waals surface area contributed by atoms with Crippen molar-refractivity contribution in [3.8, 4) is 0 Å². The Morgan fingerprint density at radius 2 is 1.32 bits per heavy atom. The molecule has 0 aromatic carbocycles. The summed E-state index contributed by atoms with van der Waals surface area (Å²) in [5.41, 5.74) is 5.26. The molecular formula is C21H33NO12. The lowest BCUT2D eigenvalue weighted by Crippen LogP contribution is -2.65. The van der Waals surface area contributed by atoms with Crippen molar-refractivity contribution in [3.05, 3.63) is 0 Å². The van der Waals surface area contributed by atoms with Gasteiger partial charge in [0.2, 0.25) is 0 Å². The third-order valence-electron chi connectivity index (χ3n) is 4.90. The van der Waals surface area contributed by atoms with E-state index >= 15 is 0 Å². The molecule has 2 rings (SSSR count). The number of carbonyl (C=O) groups excluding carboxylic acids is 4. The number of esters is 4. The molecule has 34 heavy (non-hydrogen) atoms. The molecule has 2 aliphatic heterocycles. The van der Waals surface area contributed by atoms with E-state index in [2.05, 4.69) is 0 Å². The van der Waals surface area contributed by atoms with E-state index in [1.165, 1.54) is 6.92 Å². The maximum atomic E-state index is 11.8. The molecule has 0 radical (unpaired) electrons. The van der Waals surface area contributed by atoms with Gasteiger partial charge in [-0.25, -0.2) is 0 Å². The molecule has 0 spiro atoms. The Bertz CT molecular complexity index is 759. The summed E-state index contributed by atoms with van der Waals surface area (Å²) in [7, 11) is 0. The van der Waals surface area contributed by atoms with Gasteiger partial charge in [0, 0.05) is 27.7 Å². The molecule has 2 N–H and O–H groups in total. The Labute approximate surface area is 197 Å². The first-order chi connectivity index (χ1) is 15.7. The zero-order valence-corrected chi connectivity index (χ0v) is 20.2. The number of hydrogen-bond donors (Lipinski definition) is 1. The fraction of sp³-hybridized carbons (Fsp3) is 0.810. The van der Waals surface area contributed by atoms with Crippen LogP contribution in [0, 0.1) is 0 Å². The lowest BCUT2D eigenvalue weighted by atomic mass is 9.97. The van der Waals surface area contributed by atoms with Crippen LogP contribution < -0.4 is 5.73 Å². The molecule has 13 heteroatoms. The SMILES string of the molecule is CC(=O)OC[C@H]1O[C@@H](OCC2(N)COC(C)(C)OC2)[C@H](OC(C)=O)[C@@H](OC(C)=O)[C@H]1OC(C)=O. The highest BCUT2D eigenvalue weighted by Gasteiger charge is 2.53. The zero-order chi connectivity index (χ0) is 25.7. The predicted molar refractivity (Wildman–Crippen MR) is 111 cm³/mol. The molecule has 0 aliphatic carbocycles. The van der Waals surface area contributed by atoms with E-state index in [4.69, 9.17) is 43.6 Å². The first-order valence-corrected chi connectivity index (χ1v) is 10.7. The minimum absolute atomic E-state index is 0.102. The Morgan fingerprint density at radius 1 is 0.824 bits per heavy atom. The van der Waals surface area contributed by atoms with Gasteiger partial charge < -0.3 is 43.6 Å². The van der Waals surface area contributed by atoms with Gasteiger partial charge >= 0.3 is 23.9 Å². The molecule has 5 atom stereocenters. The van der Waals surface area contributed by atoms with Crippen LogP contribution in [0.15, 0.2) is 0 Å². The second-order valence-electron chi connectivity index (χ2n) is 8.72. The molecule has 2 saturated heterocycles. The second-order valence-corrected chi connectivity index (χ2v) is 8.72. The second kappa shape index (κ2) is 11.4. The van der Waals surface area contributed by atoms with Gasteiger partial charge in [0.15, 0.2) is 30.4 Å².